The highest BCUT2D eigenvalue weighted by molar-refractivity contribution is 5.74. The molecule has 0 saturated heterocycles. The van der Waals surface area contributed by atoms with Gasteiger partial charge in [-0.15, -0.1) is 0 Å². The third kappa shape index (κ3) is 6.01. The number of hydrogen-bond donors (Lipinski definition) is 1. The van der Waals surface area contributed by atoms with E-state index in [0.29, 0.717) is 5.92 Å². The number of fused-ring (bicyclic) bond motifs is 1. The summed E-state index contributed by atoms with van der Waals surface area (Å²) in [4.78, 5) is 8.37. The number of para-hydroxylation sites is 2. The Morgan fingerprint density at radius 1 is 0.826 bits per heavy atom. The van der Waals surface area contributed by atoms with E-state index in [0.717, 1.165) is 5.52 Å². The summed E-state index contributed by atoms with van der Waals surface area (Å²) < 4.78 is 0. The lowest BCUT2D eigenvalue weighted by atomic mass is 9.95. The molecule has 0 spiro atoms. The molecule has 0 aliphatic heterocycles. The third-order valence-electron chi connectivity index (χ3n) is 4.84. The molecule has 2 nitrogen and oxygen atoms in total. The van der Waals surface area contributed by atoms with Gasteiger partial charge >= 0.3 is 0 Å². The van der Waals surface area contributed by atoms with E-state index in [4.69, 9.17) is 4.98 Å². The van der Waals surface area contributed by atoms with Gasteiger partial charge in [-0.2, -0.15) is 0 Å². The van der Waals surface area contributed by atoms with Gasteiger partial charge in [-0.25, -0.2) is 4.98 Å². The molecule has 1 unspecified atom stereocenters. The second-order valence-electron chi connectivity index (χ2n) is 6.89. The molecular formula is C21H34N2. The van der Waals surface area contributed by atoms with Crippen molar-refractivity contribution >= 4 is 11.0 Å². The van der Waals surface area contributed by atoms with Crippen LogP contribution in [0.1, 0.15) is 96.2 Å². The van der Waals surface area contributed by atoms with Crippen molar-refractivity contribution in [1.29, 1.82) is 0 Å². The third-order valence-corrected chi connectivity index (χ3v) is 4.84. The molecule has 0 saturated carbocycles. The zero-order chi connectivity index (χ0) is 16.3. The maximum atomic E-state index is 4.82. The Kier molecular flexibility index (Phi) is 8.20. The van der Waals surface area contributed by atoms with Gasteiger partial charge in [-0.3, -0.25) is 0 Å². The fraction of sp³-hybridized carbons (Fsp3) is 0.667. The number of aromatic nitrogens is 2. The molecule has 1 heterocycles. The number of H-pyrrole nitrogens is 1. The van der Waals surface area contributed by atoms with Crippen molar-refractivity contribution < 1.29 is 0 Å². The van der Waals surface area contributed by atoms with Crippen LogP contribution in [0.3, 0.4) is 0 Å². The summed E-state index contributed by atoms with van der Waals surface area (Å²) >= 11 is 0. The fourth-order valence-corrected chi connectivity index (χ4v) is 3.46. The summed E-state index contributed by atoms with van der Waals surface area (Å²) in [6.45, 7) is 4.56. The van der Waals surface area contributed by atoms with Gasteiger partial charge in [0.15, 0.2) is 0 Å². The highest BCUT2D eigenvalue weighted by atomic mass is 14.9. The molecule has 0 fully saturated rings. The molecule has 1 atom stereocenters. The quantitative estimate of drug-likeness (QED) is 0.421. The maximum absolute atomic E-state index is 4.82. The number of nitrogens with zero attached hydrogens (tertiary/aromatic N) is 1. The average molecular weight is 315 g/mol. The predicted octanol–water partition coefficient (Wildman–Crippen LogP) is 6.98. The largest absolute Gasteiger partial charge is 0.342 e. The molecule has 0 aliphatic rings. The smallest absolute Gasteiger partial charge is 0.110 e. The van der Waals surface area contributed by atoms with Crippen LogP contribution in [0.2, 0.25) is 0 Å². The Labute approximate surface area is 142 Å². The van der Waals surface area contributed by atoms with Crippen LogP contribution in [0.5, 0.6) is 0 Å². The maximum Gasteiger partial charge on any atom is 0.110 e. The lowest BCUT2D eigenvalue weighted by molar-refractivity contribution is 0.495. The molecule has 0 amide bonds. The first-order chi connectivity index (χ1) is 11.3. The zero-order valence-electron chi connectivity index (χ0n) is 15.1. The van der Waals surface area contributed by atoms with Crippen molar-refractivity contribution in [3.05, 3.63) is 30.1 Å². The van der Waals surface area contributed by atoms with Crippen LogP contribution in [-0.2, 0) is 0 Å². The van der Waals surface area contributed by atoms with Gasteiger partial charge in [-0.1, -0.05) is 83.8 Å². The SMILES string of the molecule is CCCCCCCCCCC(CCC)c1nc2ccccc2[nH]1. The first-order valence-electron chi connectivity index (χ1n) is 9.79. The molecular weight excluding hydrogens is 280 g/mol. The van der Waals surface area contributed by atoms with Gasteiger partial charge in [0, 0.05) is 5.92 Å². The summed E-state index contributed by atoms with van der Waals surface area (Å²) in [5.74, 6) is 1.81. The second-order valence-corrected chi connectivity index (χ2v) is 6.89. The van der Waals surface area contributed by atoms with E-state index in [1.807, 2.05) is 0 Å². The number of unbranched alkanes of at least 4 members (excludes halogenated alkanes) is 7. The second kappa shape index (κ2) is 10.5. The van der Waals surface area contributed by atoms with Crippen molar-refractivity contribution in [3.8, 4) is 0 Å². The lowest BCUT2D eigenvalue weighted by Crippen LogP contribution is -2.01. The normalized spacial score (nSPS) is 12.8. The molecule has 2 aromatic rings. The average Bonchev–Trinajstić information content (AvgIpc) is 3.00. The van der Waals surface area contributed by atoms with Crippen molar-refractivity contribution in [3.63, 3.8) is 0 Å². The number of nitrogens with one attached hydrogen (secondary N) is 1. The molecule has 1 N–H and O–H groups in total. The van der Waals surface area contributed by atoms with E-state index in [2.05, 4.69) is 43.1 Å². The Morgan fingerprint density at radius 3 is 2.22 bits per heavy atom. The molecule has 128 valence electrons. The standard InChI is InChI=1S/C21H34N2/c1-3-5-6-7-8-9-10-11-15-18(14-4-2)21-22-19-16-12-13-17-20(19)23-21/h12-13,16-18H,3-11,14-15H2,1-2H3,(H,22,23). The molecule has 1 aromatic carbocycles. The van der Waals surface area contributed by atoms with E-state index in [9.17, 15) is 0 Å². The first-order valence-corrected chi connectivity index (χ1v) is 9.79. The molecule has 2 heteroatoms. The number of aromatic amines is 1. The minimum Gasteiger partial charge on any atom is -0.342 e. The Hall–Kier alpha value is -1.31. The number of rotatable bonds is 12. The van der Waals surface area contributed by atoms with E-state index in [1.54, 1.807) is 0 Å². The summed E-state index contributed by atoms with van der Waals surface area (Å²) in [5.41, 5.74) is 2.29. The summed E-state index contributed by atoms with van der Waals surface area (Å²) in [6.07, 6.45) is 14.9. The molecule has 0 bridgehead atoms. The van der Waals surface area contributed by atoms with Gasteiger partial charge in [-0.05, 0) is 25.0 Å². The molecule has 1 aromatic heterocycles. The monoisotopic (exact) mass is 314 g/mol. The van der Waals surface area contributed by atoms with Gasteiger partial charge < -0.3 is 4.98 Å². The van der Waals surface area contributed by atoms with E-state index < -0.39 is 0 Å². The number of imidazole rings is 1. The van der Waals surface area contributed by atoms with E-state index in [1.165, 1.54) is 82.0 Å². The van der Waals surface area contributed by atoms with Crippen LogP contribution in [0, 0.1) is 0 Å². The number of hydrogen-bond acceptors (Lipinski definition) is 1. The van der Waals surface area contributed by atoms with Crippen LogP contribution in [0.25, 0.3) is 11.0 Å². The molecule has 0 aliphatic carbocycles. The van der Waals surface area contributed by atoms with Crippen LogP contribution in [-0.4, -0.2) is 9.97 Å². The van der Waals surface area contributed by atoms with Crippen LogP contribution < -0.4 is 0 Å². The highest BCUT2D eigenvalue weighted by Crippen LogP contribution is 2.27. The fourth-order valence-electron chi connectivity index (χ4n) is 3.46. The first kappa shape index (κ1) is 18.0. The van der Waals surface area contributed by atoms with Crippen molar-refractivity contribution in [2.75, 3.05) is 0 Å². The number of benzene rings is 1. The topological polar surface area (TPSA) is 28.7 Å². The van der Waals surface area contributed by atoms with Crippen LogP contribution in [0.4, 0.5) is 0 Å². The molecule has 23 heavy (non-hydrogen) atoms. The Bertz CT molecular complexity index is 511. The lowest BCUT2D eigenvalue weighted by Gasteiger charge is -2.13. The van der Waals surface area contributed by atoms with Crippen LogP contribution >= 0.6 is 0 Å². The summed E-state index contributed by atoms with van der Waals surface area (Å²) in [7, 11) is 0. The van der Waals surface area contributed by atoms with Gasteiger partial charge in [0.05, 0.1) is 11.0 Å². The summed E-state index contributed by atoms with van der Waals surface area (Å²) in [6, 6.07) is 8.39. The Morgan fingerprint density at radius 2 is 1.52 bits per heavy atom. The predicted molar refractivity (Wildman–Crippen MR) is 101 cm³/mol. The minimum atomic E-state index is 0.604. The highest BCUT2D eigenvalue weighted by Gasteiger charge is 2.14. The Balaban J connectivity index is 1.75. The summed E-state index contributed by atoms with van der Waals surface area (Å²) in [5, 5.41) is 0. The van der Waals surface area contributed by atoms with Crippen LogP contribution in [0.15, 0.2) is 24.3 Å². The van der Waals surface area contributed by atoms with Gasteiger partial charge in [0.2, 0.25) is 0 Å². The minimum absolute atomic E-state index is 0.604. The van der Waals surface area contributed by atoms with Crippen molar-refractivity contribution in [2.24, 2.45) is 0 Å². The zero-order valence-corrected chi connectivity index (χ0v) is 15.1. The van der Waals surface area contributed by atoms with Crippen molar-refractivity contribution in [2.45, 2.75) is 90.4 Å². The van der Waals surface area contributed by atoms with E-state index in [-0.39, 0.29) is 0 Å². The molecule has 2 rings (SSSR count). The molecule has 0 radical (unpaired) electrons. The van der Waals surface area contributed by atoms with Crippen molar-refractivity contribution in [1.82, 2.24) is 9.97 Å². The van der Waals surface area contributed by atoms with Gasteiger partial charge in [0.1, 0.15) is 5.82 Å². The van der Waals surface area contributed by atoms with E-state index >= 15 is 0 Å². The van der Waals surface area contributed by atoms with Gasteiger partial charge in [0.25, 0.3) is 0 Å².